The van der Waals surface area contributed by atoms with Crippen molar-refractivity contribution in [1.29, 1.82) is 0 Å². The Kier molecular flexibility index (Phi) is 9.06. The maximum absolute atomic E-state index is 13.8. The fourth-order valence-electron chi connectivity index (χ4n) is 6.07. The lowest BCUT2D eigenvalue weighted by Crippen LogP contribution is -2.53. The van der Waals surface area contributed by atoms with Crippen molar-refractivity contribution in [2.24, 2.45) is 0 Å². The van der Waals surface area contributed by atoms with Crippen molar-refractivity contribution in [3.63, 3.8) is 0 Å². The number of aromatic nitrogens is 2. The Hall–Kier alpha value is -3.15. The van der Waals surface area contributed by atoms with Gasteiger partial charge in [-0.15, -0.1) is 0 Å². The summed E-state index contributed by atoms with van der Waals surface area (Å²) in [6.07, 6.45) is -0.136. The average molecular weight is 568 g/mol. The van der Waals surface area contributed by atoms with Crippen molar-refractivity contribution in [3.8, 4) is 0 Å². The van der Waals surface area contributed by atoms with E-state index in [4.69, 9.17) is 5.11 Å². The highest BCUT2D eigenvalue weighted by Gasteiger charge is 2.44. The standard InChI is InChI=1S/C26H31F4N5O3.C2H6/c27-20-4-11-32(12-5-20)22-16-19(26(28,29)30)3-2-18(22)17-34-10-1-7-25(34)8-14-33(15-9-25)24(38)35-13-6-21(31-35)23(36)37;1-2/h2-3,6,13,16,20H,1,4-5,7-12,14-15,17H2,(H,36,37);1-2H3. The van der Waals surface area contributed by atoms with Crippen molar-refractivity contribution >= 4 is 17.7 Å². The minimum Gasteiger partial charge on any atom is -0.476 e. The number of anilines is 1. The summed E-state index contributed by atoms with van der Waals surface area (Å²) < 4.78 is 55.4. The molecule has 1 spiro atoms. The molecule has 3 aliphatic rings. The number of likely N-dealkylation sites (tertiary alicyclic amines) is 2. The van der Waals surface area contributed by atoms with E-state index in [0.29, 0.717) is 64.1 Å². The number of benzene rings is 1. The molecule has 0 saturated carbocycles. The molecular formula is C28H37F4N5O3. The number of nitrogens with zero attached hydrogens (tertiary/aromatic N) is 5. The predicted octanol–water partition coefficient (Wildman–Crippen LogP) is 5.66. The molecule has 0 bridgehead atoms. The van der Waals surface area contributed by atoms with Crippen LogP contribution in [0.15, 0.2) is 30.5 Å². The van der Waals surface area contributed by atoms with Gasteiger partial charge in [-0.05, 0) is 68.8 Å². The first kappa shape index (κ1) is 29.8. The summed E-state index contributed by atoms with van der Waals surface area (Å²) in [5.74, 6) is -1.20. The van der Waals surface area contributed by atoms with Crippen molar-refractivity contribution < 1.29 is 32.3 Å². The Morgan fingerprint density at radius 2 is 1.70 bits per heavy atom. The third kappa shape index (κ3) is 6.26. The monoisotopic (exact) mass is 567 g/mol. The van der Waals surface area contributed by atoms with Gasteiger partial charge in [0.1, 0.15) is 6.17 Å². The van der Waals surface area contributed by atoms with Gasteiger partial charge >= 0.3 is 18.2 Å². The summed E-state index contributed by atoms with van der Waals surface area (Å²) in [5.41, 5.74) is 0.254. The van der Waals surface area contributed by atoms with Gasteiger partial charge in [-0.3, -0.25) is 4.90 Å². The fraction of sp³-hybridized carbons (Fsp3) is 0.607. The molecule has 12 heteroatoms. The number of piperidine rings is 2. The second kappa shape index (κ2) is 12.2. The number of halogens is 4. The van der Waals surface area contributed by atoms with Gasteiger partial charge in [-0.1, -0.05) is 19.9 Å². The normalized spacial score (nSPS) is 19.9. The van der Waals surface area contributed by atoms with E-state index in [1.807, 2.05) is 18.7 Å². The third-order valence-corrected chi connectivity index (χ3v) is 8.25. The molecule has 0 aliphatic carbocycles. The number of hydrogen-bond acceptors (Lipinski definition) is 5. The average Bonchev–Trinajstić information content (AvgIpc) is 3.58. The first-order valence-corrected chi connectivity index (χ1v) is 14.0. The van der Waals surface area contributed by atoms with E-state index in [2.05, 4.69) is 10.00 Å². The van der Waals surface area contributed by atoms with Gasteiger partial charge in [0.05, 0.1) is 5.56 Å². The van der Waals surface area contributed by atoms with Crippen molar-refractivity contribution in [2.75, 3.05) is 37.6 Å². The van der Waals surface area contributed by atoms with E-state index in [9.17, 15) is 27.2 Å². The number of alkyl halides is 4. The number of rotatable bonds is 4. The summed E-state index contributed by atoms with van der Waals surface area (Å²) in [6.45, 7) is 7.01. The maximum Gasteiger partial charge on any atom is 0.416 e. The molecule has 1 aromatic heterocycles. The lowest BCUT2D eigenvalue weighted by atomic mass is 9.84. The number of carbonyl (C=O) groups excluding carboxylic acids is 1. The topological polar surface area (TPSA) is 81.9 Å². The van der Waals surface area contributed by atoms with E-state index in [-0.39, 0.29) is 17.3 Å². The minimum atomic E-state index is -4.46. The van der Waals surface area contributed by atoms with Crippen LogP contribution in [0.1, 0.15) is 74.0 Å². The van der Waals surface area contributed by atoms with E-state index in [0.717, 1.165) is 35.7 Å². The van der Waals surface area contributed by atoms with Crippen LogP contribution in [-0.2, 0) is 12.7 Å². The molecule has 1 aromatic carbocycles. The van der Waals surface area contributed by atoms with Gasteiger partial charge in [0, 0.05) is 50.1 Å². The number of amides is 1. The molecule has 0 atom stereocenters. The second-order valence-corrected chi connectivity index (χ2v) is 10.5. The number of hydrogen-bond donors (Lipinski definition) is 1. The van der Waals surface area contributed by atoms with Crippen LogP contribution in [0.3, 0.4) is 0 Å². The molecule has 5 rings (SSSR count). The molecule has 3 fully saturated rings. The van der Waals surface area contributed by atoms with Crippen LogP contribution in [-0.4, -0.2) is 81.1 Å². The van der Waals surface area contributed by atoms with Crippen LogP contribution in [0.2, 0.25) is 0 Å². The maximum atomic E-state index is 13.8. The zero-order valence-corrected chi connectivity index (χ0v) is 23.0. The fourth-order valence-corrected chi connectivity index (χ4v) is 6.07. The zero-order chi connectivity index (χ0) is 29.1. The third-order valence-electron chi connectivity index (χ3n) is 8.25. The highest BCUT2D eigenvalue weighted by atomic mass is 19.4. The molecule has 1 amide bonds. The van der Waals surface area contributed by atoms with Gasteiger partial charge in [0.25, 0.3) is 0 Å². The number of carboxylic acid groups (broad SMARTS) is 1. The minimum absolute atomic E-state index is 0.168. The quantitative estimate of drug-likeness (QED) is 0.480. The smallest absolute Gasteiger partial charge is 0.416 e. The molecule has 0 unspecified atom stereocenters. The molecule has 3 saturated heterocycles. The van der Waals surface area contributed by atoms with Crippen molar-refractivity contribution in [1.82, 2.24) is 19.6 Å². The van der Waals surface area contributed by atoms with Gasteiger partial charge in [0.2, 0.25) is 0 Å². The van der Waals surface area contributed by atoms with E-state index >= 15 is 0 Å². The van der Waals surface area contributed by atoms with Crippen molar-refractivity contribution in [3.05, 3.63) is 47.3 Å². The molecule has 0 radical (unpaired) electrons. The molecule has 1 N–H and O–H groups in total. The Morgan fingerprint density at radius 3 is 2.30 bits per heavy atom. The largest absolute Gasteiger partial charge is 0.476 e. The highest BCUT2D eigenvalue weighted by molar-refractivity contribution is 5.86. The summed E-state index contributed by atoms with van der Waals surface area (Å²) in [7, 11) is 0. The van der Waals surface area contributed by atoms with Crippen molar-refractivity contribution in [2.45, 2.75) is 76.8 Å². The summed E-state index contributed by atoms with van der Waals surface area (Å²) in [6, 6.07) is 4.79. The molecule has 3 aliphatic heterocycles. The van der Waals surface area contributed by atoms with Crippen LogP contribution in [0.5, 0.6) is 0 Å². The molecular weight excluding hydrogens is 530 g/mol. The van der Waals surface area contributed by atoms with E-state index in [1.165, 1.54) is 18.3 Å². The van der Waals surface area contributed by atoms with E-state index < -0.39 is 23.9 Å². The lowest BCUT2D eigenvalue weighted by Gasteiger charge is -2.45. The first-order valence-electron chi connectivity index (χ1n) is 14.0. The Bertz CT molecular complexity index is 1180. The van der Waals surface area contributed by atoms with Crippen LogP contribution < -0.4 is 4.90 Å². The van der Waals surface area contributed by atoms with Crippen LogP contribution >= 0.6 is 0 Å². The van der Waals surface area contributed by atoms with Gasteiger partial charge in [-0.2, -0.15) is 23.0 Å². The molecule has 40 heavy (non-hydrogen) atoms. The molecule has 4 heterocycles. The Balaban J connectivity index is 0.00000181. The molecule has 2 aromatic rings. The highest BCUT2D eigenvalue weighted by Crippen LogP contribution is 2.41. The Labute approximate surface area is 231 Å². The Morgan fingerprint density at radius 1 is 1.02 bits per heavy atom. The number of aromatic carboxylic acids is 1. The van der Waals surface area contributed by atoms with Crippen LogP contribution in [0.4, 0.5) is 28.0 Å². The number of carboxylic acids is 1. The number of carbonyl (C=O) groups is 2. The first-order chi connectivity index (χ1) is 19.1. The lowest BCUT2D eigenvalue weighted by molar-refractivity contribution is -0.137. The summed E-state index contributed by atoms with van der Waals surface area (Å²) in [5, 5.41) is 12.9. The van der Waals surface area contributed by atoms with Crippen LogP contribution in [0.25, 0.3) is 0 Å². The predicted molar refractivity (Wildman–Crippen MR) is 142 cm³/mol. The zero-order valence-electron chi connectivity index (χ0n) is 23.0. The molecule has 220 valence electrons. The van der Waals surface area contributed by atoms with Crippen LogP contribution in [0, 0.1) is 0 Å². The summed E-state index contributed by atoms with van der Waals surface area (Å²) in [4.78, 5) is 29.8. The van der Waals surface area contributed by atoms with Gasteiger partial charge in [0.15, 0.2) is 5.69 Å². The SMILES string of the molecule is CC.O=C(O)c1ccn(C(=O)N2CCC3(CCCN3Cc3ccc(C(F)(F)F)cc3N3CCC(F)CC3)CC2)n1. The van der Waals surface area contributed by atoms with E-state index in [1.54, 1.807) is 11.0 Å². The molecule has 8 nitrogen and oxygen atoms in total. The van der Waals surface area contributed by atoms with Gasteiger partial charge < -0.3 is 14.9 Å². The summed E-state index contributed by atoms with van der Waals surface area (Å²) >= 11 is 0. The van der Waals surface area contributed by atoms with Gasteiger partial charge in [-0.25, -0.2) is 14.0 Å². The second-order valence-electron chi connectivity index (χ2n) is 10.5.